The number of nitrogens with one attached hydrogen (secondary N) is 1. The number of alkyl carbamates (subject to hydrolysis) is 1. The van der Waals surface area contributed by atoms with Crippen molar-refractivity contribution in [3.05, 3.63) is 70.9 Å². The van der Waals surface area contributed by atoms with Crippen LogP contribution in [-0.2, 0) is 9.53 Å². The van der Waals surface area contributed by atoms with Gasteiger partial charge in [-0.1, -0.05) is 48.5 Å². The molecule has 1 saturated carbocycles. The first kappa shape index (κ1) is 23.0. The second-order valence-electron chi connectivity index (χ2n) is 9.00. The highest BCUT2D eigenvalue weighted by atomic mass is 32.1. The lowest BCUT2D eigenvalue weighted by Gasteiger charge is -2.42. The Morgan fingerprint density at radius 1 is 1.11 bits per heavy atom. The molecule has 5 rings (SSSR count). The van der Waals surface area contributed by atoms with Gasteiger partial charge in [0.2, 0.25) is 0 Å². The Morgan fingerprint density at radius 3 is 2.26 bits per heavy atom. The topological polar surface area (TPSA) is 109 Å². The summed E-state index contributed by atoms with van der Waals surface area (Å²) in [6, 6.07) is 16.2. The van der Waals surface area contributed by atoms with Gasteiger partial charge in [0, 0.05) is 13.0 Å². The van der Waals surface area contributed by atoms with Crippen LogP contribution in [0, 0.1) is 6.92 Å². The molecule has 0 unspecified atom stereocenters. The molecular formula is C26H25N3O5S. The van der Waals surface area contributed by atoms with Gasteiger partial charge in [0.05, 0.1) is 5.69 Å². The molecule has 3 aromatic rings. The summed E-state index contributed by atoms with van der Waals surface area (Å²) in [7, 11) is 1.52. The fraction of sp³-hybridized carbons (Fsp3) is 0.308. The largest absolute Gasteiger partial charge is 0.478 e. The van der Waals surface area contributed by atoms with E-state index in [0.29, 0.717) is 18.5 Å². The molecule has 1 heterocycles. The summed E-state index contributed by atoms with van der Waals surface area (Å²) in [5.41, 5.74) is 3.72. The number of hydrogen-bond acceptors (Lipinski definition) is 6. The maximum atomic E-state index is 13.4. The van der Waals surface area contributed by atoms with Crippen LogP contribution in [0.1, 0.15) is 52.4 Å². The van der Waals surface area contributed by atoms with Crippen LogP contribution >= 0.6 is 11.5 Å². The summed E-state index contributed by atoms with van der Waals surface area (Å²) in [6.45, 7) is 1.74. The molecule has 0 atom stereocenters. The number of carboxylic acid groups (broad SMARTS) is 1. The predicted octanol–water partition coefficient (Wildman–Crippen LogP) is 4.57. The number of ether oxygens (including phenoxy) is 1. The van der Waals surface area contributed by atoms with E-state index in [1.54, 1.807) is 6.92 Å². The number of nitrogens with zero attached hydrogens (tertiary/aromatic N) is 2. The SMILES string of the molecule is Cc1nsc(N(C)C(=O)C2(NC(=O)OCC3c4ccccc4-c4ccccc43)CCC2)c1C(=O)O. The number of aromatic nitrogens is 1. The average molecular weight is 492 g/mol. The molecular weight excluding hydrogens is 466 g/mol. The molecule has 2 aliphatic rings. The third kappa shape index (κ3) is 3.85. The van der Waals surface area contributed by atoms with Crippen LogP contribution in [0.25, 0.3) is 11.1 Å². The number of anilines is 1. The van der Waals surface area contributed by atoms with Crippen molar-refractivity contribution >= 4 is 34.5 Å². The first-order valence-corrected chi connectivity index (χ1v) is 12.2. The molecule has 0 spiro atoms. The second-order valence-corrected chi connectivity index (χ2v) is 9.76. The number of likely N-dealkylation sites (N-methyl/N-ethyl adjacent to an activating group) is 1. The maximum absolute atomic E-state index is 13.4. The van der Waals surface area contributed by atoms with Gasteiger partial charge >= 0.3 is 12.1 Å². The molecule has 1 fully saturated rings. The molecule has 0 saturated heterocycles. The molecule has 9 heteroatoms. The number of aromatic carboxylic acids is 1. The minimum atomic E-state index is -1.14. The van der Waals surface area contributed by atoms with Crippen LogP contribution in [0.3, 0.4) is 0 Å². The minimum absolute atomic E-state index is 0.00136. The molecule has 2 amide bonds. The van der Waals surface area contributed by atoms with Crippen molar-refractivity contribution < 1.29 is 24.2 Å². The highest BCUT2D eigenvalue weighted by molar-refractivity contribution is 7.11. The van der Waals surface area contributed by atoms with Crippen molar-refractivity contribution in [2.24, 2.45) is 0 Å². The first-order chi connectivity index (χ1) is 16.8. The number of amides is 2. The zero-order chi connectivity index (χ0) is 24.7. The molecule has 2 aliphatic carbocycles. The van der Waals surface area contributed by atoms with Crippen LogP contribution in [0.4, 0.5) is 9.80 Å². The van der Waals surface area contributed by atoms with Gasteiger partial charge in [0.15, 0.2) is 0 Å². The Labute approximate surface area is 206 Å². The molecule has 180 valence electrons. The summed E-state index contributed by atoms with van der Waals surface area (Å²) >= 11 is 0.955. The summed E-state index contributed by atoms with van der Waals surface area (Å²) in [6.07, 6.45) is 1.03. The lowest BCUT2D eigenvalue weighted by atomic mass is 9.75. The summed E-state index contributed by atoms with van der Waals surface area (Å²) < 4.78 is 9.74. The highest BCUT2D eigenvalue weighted by Crippen LogP contribution is 2.44. The van der Waals surface area contributed by atoms with Gasteiger partial charge in [-0.05, 0) is 60.0 Å². The number of fused-ring (bicyclic) bond motifs is 3. The normalized spacial score (nSPS) is 15.5. The second kappa shape index (κ2) is 8.81. The lowest BCUT2D eigenvalue weighted by Crippen LogP contribution is -2.63. The Morgan fingerprint density at radius 2 is 1.71 bits per heavy atom. The van der Waals surface area contributed by atoms with Crippen LogP contribution in [-0.4, -0.2) is 46.6 Å². The number of hydrogen-bond donors (Lipinski definition) is 2. The van der Waals surface area contributed by atoms with Crippen LogP contribution in [0.2, 0.25) is 0 Å². The molecule has 0 aliphatic heterocycles. The fourth-order valence-electron chi connectivity index (χ4n) is 5.00. The van der Waals surface area contributed by atoms with Gasteiger partial charge in [0.1, 0.15) is 22.7 Å². The molecule has 8 nitrogen and oxygen atoms in total. The Hall–Kier alpha value is -3.72. The molecule has 0 bridgehead atoms. The van der Waals surface area contributed by atoms with Gasteiger partial charge in [-0.25, -0.2) is 9.59 Å². The lowest BCUT2D eigenvalue weighted by molar-refractivity contribution is -0.127. The number of carbonyl (C=O) groups is 3. The molecule has 2 N–H and O–H groups in total. The highest BCUT2D eigenvalue weighted by Gasteiger charge is 2.48. The van der Waals surface area contributed by atoms with E-state index in [2.05, 4.69) is 21.8 Å². The summed E-state index contributed by atoms with van der Waals surface area (Å²) in [5.74, 6) is -1.59. The number of aryl methyl sites for hydroxylation is 1. The van der Waals surface area contributed by atoms with E-state index in [0.717, 1.165) is 40.2 Å². The van der Waals surface area contributed by atoms with Crippen molar-refractivity contribution in [3.63, 3.8) is 0 Å². The first-order valence-electron chi connectivity index (χ1n) is 11.4. The van der Waals surface area contributed by atoms with E-state index in [4.69, 9.17) is 4.74 Å². The molecule has 35 heavy (non-hydrogen) atoms. The van der Waals surface area contributed by atoms with E-state index in [1.807, 2.05) is 36.4 Å². The summed E-state index contributed by atoms with van der Waals surface area (Å²) in [5, 5.41) is 12.6. The van der Waals surface area contributed by atoms with Crippen molar-refractivity contribution in [1.29, 1.82) is 0 Å². The number of benzene rings is 2. The average Bonchev–Trinajstić information content (AvgIpc) is 3.37. The zero-order valence-electron chi connectivity index (χ0n) is 19.4. The zero-order valence-corrected chi connectivity index (χ0v) is 20.2. The Bertz CT molecular complexity index is 1280. The number of carbonyl (C=O) groups excluding carboxylic acids is 2. The molecule has 0 radical (unpaired) electrons. The van der Waals surface area contributed by atoms with E-state index < -0.39 is 17.6 Å². The van der Waals surface area contributed by atoms with Crippen molar-refractivity contribution in [1.82, 2.24) is 9.69 Å². The smallest absolute Gasteiger partial charge is 0.408 e. The fourth-order valence-corrected chi connectivity index (χ4v) is 5.85. The van der Waals surface area contributed by atoms with E-state index in [1.165, 1.54) is 11.9 Å². The minimum Gasteiger partial charge on any atom is -0.478 e. The third-order valence-electron chi connectivity index (χ3n) is 6.97. The maximum Gasteiger partial charge on any atom is 0.408 e. The Kier molecular flexibility index (Phi) is 5.80. The van der Waals surface area contributed by atoms with Gasteiger partial charge in [0.25, 0.3) is 5.91 Å². The van der Waals surface area contributed by atoms with Crippen molar-refractivity contribution in [3.8, 4) is 11.1 Å². The quantitative estimate of drug-likeness (QED) is 0.523. The number of rotatable bonds is 6. The van der Waals surface area contributed by atoms with E-state index >= 15 is 0 Å². The third-order valence-corrected chi connectivity index (χ3v) is 7.99. The molecule has 2 aromatic carbocycles. The predicted molar refractivity (Wildman–Crippen MR) is 132 cm³/mol. The molecule has 1 aromatic heterocycles. The van der Waals surface area contributed by atoms with Gasteiger partial charge in [-0.15, -0.1) is 0 Å². The summed E-state index contributed by atoms with van der Waals surface area (Å²) in [4.78, 5) is 39.2. The van der Waals surface area contributed by atoms with Gasteiger partial charge < -0.3 is 20.1 Å². The van der Waals surface area contributed by atoms with Crippen molar-refractivity contribution in [2.75, 3.05) is 18.6 Å². The Balaban J connectivity index is 1.30. The van der Waals surface area contributed by atoms with Gasteiger partial charge in [-0.3, -0.25) is 4.79 Å². The van der Waals surface area contributed by atoms with Gasteiger partial charge in [-0.2, -0.15) is 4.37 Å². The van der Waals surface area contributed by atoms with Crippen LogP contribution in [0.5, 0.6) is 0 Å². The van der Waals surface area contributed by atoms with E-state index in [-0.39, 0.29) is 29.0 Å². The monoisotopic (exact) mass is 491 g/mol. The number of carboxylic acids is 1. The van der Waals surface area contributed by atoms with Crippen LogP contribution in [0.15, 0.2) is 48.5 Å². The van der Waals surface area contributed by atoms with E-state index in [9.17, 15) is 19.5 Å². The standard InChI is InChI=1S/C26H25N3O5S/c1-15-21(23(30)31)22(35-28-15)29(2)24(32)26(12-7-13-26)27-25(33)34-14-20-18-10-5-3-8-16(18)17-9-4-6-11-19(17)20/h3-6,8-11,20H,7,12-14H2,1-2H3,(H,27,33)(H,30,31). The van der Waals surface area contributed by atoms with Crippen molar-refractivity contribution in [2.45, 2.75) is 37.6 Å². The van der Waals surface area contributed by atoms with Crippen LogP contribution < -0.4 is 10.2 Å².